The topological polar surface area (TPSA) is 85.2 Å². The second-order valence-electron chi connectivity index (χ2n) is 3.97. The van der Waals surface area contributed by atoms with Crippen LogP contribution in [0, 0.1) is 0 Å². The fourth-order valence-electron chi connectivity index (χ4n) is 1.87. The molecule has 0 aliphatic heterocycles. The average Bonchev–Trinajstić information content (AvgIpc) is 2.44. The molecule has 0 spiro atoms. The van der Waals surface area contributed by atoms with E-state index in [1.54, 1.807) is 0 Å². The summed E-state index contributed by atoms with van der Waals surface area (Å²) in [5.74, 6) is -0.848. The number of carbonyl (C=O) groups is 1. The second kappa shape index (κ2) is 6.84. The van der Waals surface area contributed by atoms with Gasteiger partial charge in [-0.2, -0.15) is 5.26 Å². The molecule has 19 heavy (non-hydrogen) atoms. The van der Waals surface area contributed by atoms with Gasteiger partial charge in [-0.05, 0) is 18.9 Å². The molecule has 0 aliphatic carbocycles. The lowest BCUT2D eigenvalue weighted by Gasteiger charge is -2.16. The number of carbonyl (C=O) groups excluding carboxylic acids is 1. The zero-order valence-corrected chi connectivity index (χ0v) is 11.2. The lowest BCUT2D eigenvalue weighted by atomic mass is 9.99. The van der Waals surface area contributed by atoms with E-state index in [0.717, 1.165) is 12.8 Å². The molecule has 0 atom stereocenters. The van der Waals surface area contributed by atoms with Crippen LogP contribution in [0.15, 0.2) is 6.07 Å². The molecule has 1 aromatic carbocycles. The van der Waals surface area contributed by atoms with Crippen LogP contribution in [-0.2, 0) is 11.3 Å². The van der Waals surface area contributed by atoms with Crippen LogP contribution in [0.3, 0.4) is 0 Å². The lowest BCUT2D eigenvalue weighted by Crippen LogP contribution is -2.09. The van der Waals surface area contributed by atoms with E-state index in [-0.39, 0.29) is 22.8 Å². The zero-order valence-electron chi connectivity index (χ0n) is 11.2. The molecule has 0 unspecified atom stereocenters. The minimum absolute atomic E-state index is 0.0810. The molecule has 6 nitrogen and oxygen atoms in total. The van der Waals surface area contributed by atoms with Crippen molar-refractivity contribution in [1.82, 2.24) is 0 Å². The first kappa shape index (κ1) is 15.1. The summed E-state index contributed by atoms with van der Waals surface area (Å²) in [5.41, 5.74) is 0.601. The maximum atomic E-state index is 11.6. The first-order chi connectivity index (χ1) is 9.10. The fraction of sp³-hybridized carbons (Fsp3) is 0.462. The van der Waals surface area contributed by atoms with Gasteiger partial charge < -0.3 is 14.6 Å². The normalized spacial score (nSPS) is 10.1. The first-order valence-corrected chi connectivity index (χ1v) is 5.93. The smallest absolute Gasteiger partial charge is 0.373 e. The first-order valence-electron chi connectivity index (χ1n) is 5.93. The SMILES string of the molecule is CCCCc1c(C(=O)OO)cc(OC)c(O)c1OC. The van der Waals surface area contributed by atoms with Crippen molar-refractivity contribution in [3.05, 3.63) is 17.2 Å². The number of rotatable bonds is 6. The summed E-state index contributed by atoms with van der Waals surface area (Å²) in [6.45, 7) is 2.00. The highest BCUT2D eigenvalue weighted by Gasteiger charge is 2.23. The highest BCUT2D eigenvalue weighted by molar-refractivity contribution is 5.93. The fourth-order valence-corrected chi connectivity index (χ4v) is 1.87. The van der Waals surface area contributed by atoms with Crippen LogP contribution >= 0.6 is 0 Å². The summed E-state index contributed by atoms with van der Waals surface area (Å²) in [5, 5.41) is 18.5. The molecule has 0 saturated carbocycles. The maximum Gasteiger partial charge on any atom is 0.373 e. The van der Waals surface area contributed by atoms with Crippen molar-refractivity contribution >= 4 is 5.97 Å². The van der Waals surface area contributed by atoms with Crippen LogP contribution in [0.2, 0.25) is 0 Å². The van der Waals surface area contributed by atoms with Crippen LogP contribution < -0.4 is 9.47 Å². The summed E-state index contributed by atoms with van der Waals surface area (Å²) in [4.78, 5) is 15.3. The molecular formula is C13H18O6. The Hall–Kier alpha value is -1.95. The molecule has 2 N–H and O–H groups in total. The number of ether oxygens (including phenoxy) is 2. The van der Waals surface area contributed by atoms with E-state index in [4.69, 9.17) is 14.7 Å². The van der Waals surface area contributed by atoms with Crippen LogP contribution in [0.4, 0.5) is 0 Å². The molecule has 0 radical (unpaired) electrons. The Morgan fingerprint density at radius 2 is 2.00 bits per heavy atom. The van der Waals surface area contributed by atoms with Gasteiger partial charge in [0.2, 0.25) is 5.75 Å². The number of unbranched alkanes of at least 4 members (excludes halogenated alkanes) is 1. The van der Waals surface area contributed by atoms with E-state index in [2.05, 4.69) is 4.89 Å². The van der Waals surface area contributed by atoms with E-state index in [0.29, 0.717) is 12.0 Å². The standard InChI is InChI=1S/C13H18O6/c1-4-5-6-8-9(13(15)19-16)7-10(17-2)11(14)12(8)18-3/h7,14,16H,4-6H2,1-3H3. The third-order valence-corrected chi connectivity index (χ3v) is 2.83. The monoisotopic (exact) mass is 270 g/mol. The Kier molecular flexibility index (Phi) is 5.44. The Morgan fingerprint density at radius 3 is 2.47 bits per heavy atom. The maximum absolute atomic E-state index is 11.6. The summed E-state index contributed by atoms with van der Waals surface area (Å²) >= 11 is 0. The average molecular weight is 270 g/mol. The van der Waals surface area contributed by atoms with Crippen molar-refractivity contribution in [2.45, 2.75) is 26.2 Å². The highest BCUT2D eigenvalue weighted by Crippen LogP contribution is 2.41. The lowest BCUT2D eigenvalue weighted by molar-refractivity contribution is -0.182. The van der Waals surface area contributed by atoms with Crippen LogP contribution in [-0.4, -0.2) is 30.6 Å². The Labute approximate surface area is 111 Å². The number of benzene rings is 1. The number of aromatic hydroxyl groups is 1. The van der Waals surface area contributed by atoms with Crippen molar-refractivity contribution in [2.75, 3.05) is 14.2 Å². The van der Waals surface area contributed by atoms with Crippen molar-refractivity contribution in [1.29, 1.82) is 0 Å². The third-order valence-electron chi connectivity index (χ3n) is 2.83. The second-order valence-corrected chi connectivity index (χ2v) is 3.97. The molecule has 0 saturated heterocycles. The van der Waals surface area contributed by atoms with Crippen molar-refractivity contribution < 1.29 is 29.5 Å². The summed E-state index contributed by atoms with van der Waals surface area (Å²) in [6, 6.07) is 1.32. The van der Waals surface area contributed by atoms with Crippen molar-refractivity contribution in [3.8, 4) is 17.2 Å². The van der Waals surface area contributed by atoms with E-state index >= 15 is 0 Å². The molecule has 1 aromatic rings. The Bertz CT molecular complexity index is 455. The molecule has 6 heteroatoms. The van der Waals surface area contributed by atoms with E-state index in [9.17, 15) is 9.90 Å². The predicted molar refractivity (Wildman–Crippen MR) is 67.9 cm³/mol. The number of phenols is 1. The molecule has 0 heterocycles. The van der Waals surface area contributed by atoms with Crippen molar-refractivity contribution in [3.63, 3.8) is 0 Å². The van der Waals surface area contributed by atoms with Gasteiger partial charge in [0.25, 0.3) is 0 Å². The molecule has 0 aliphatic rings. The van der Waals surface area contributed by atoms with Crippen LogP contribution in [0.25, 0.3) is 0 Å². The summed E-state index contributed by atoms with van der Waals surface area (Å²) in [6.07, 6.45) is 2.22. The molecule has 0 fully saturated rings. The number of hydrogen-bond donors (Lipinski definition) is 2. The van der Waals surface area contributed by atoms with Gasteiger partial charge in [0.05, 0.1) is 19.8 Å². The molecule has 106 valence electrons. The predicted octanol–water partition coefficient (Wildman–Crippen LogP) is 2.38. The molecule has 0 bridgehead atoms. The van der Waals surface area contributed by atoms with E-state index < -0.39 is 5.97 Å². The summed E-state index contributed by atoms with van der Waals surface area (Å²) in [7, 11) is 2.74. The van der Waals surface area contributed by atoms with Gasteiger partial charge in [0.1, 0.15) is 0 Å². The molecule has 1 rings (SSSR count). The number of hydrogen-bond acceptors (Lipinski definition) is 6. The van der Waals surface area contributed by atoms with Gasteiger partial charge in [-0.3, -0.25) is 4.89 Å². The molecular weight excluding hydrogens is 252 g/mol. The largest absolute Gasteiger partial charge is 0.502 e. The van der Waals surface area contributed by atoms with Crippen molar-refractivity contribution in [2.24, 2.45) is 0 Å². The third kappa shape index (κ3) is 3.08. The highest BCUT2D eigenvalue weighted by atomic mass is 17.1. The summed E-state index contributed by atoms with van der Waals surface area (Å²) < 4.78 is 10.1. The number of phenolic OH excluding ortho intramolecular Hbond substituents is 1. The quantitative estimate of drug-likeness (QED) is 0.609. The number of methoxy groups -OCH3 is 2. The zero-order chi connectivity index (χ0) is 14.4. The Balaban J connectivity index is 3.43. The minimum atomic E-state index is -0.914. The molecule has 0 aromatic heterocycles. The minimum Gasteiger partial charge on any atom is -0.502 e. The van der Waals surface area contributed by atoms with E-state index in [1.165, 1.54) is 20.3 Å². The van der Waals surface area contributed by atoms with Gasteiger partial charge in [-0.25, -0.2) is 4.79 Å². The van der Waals surface area contributed by atoms with Gasteiger partial charge in [-0.1, -0.05) is 13.3 Å². The van der Waals surface area contributed by atoms with E-state index in [1.807, 2.05) is 6.92 Å². The molecule has 0 amide bonds. The van der Waals surface area contributed by atoms with Gasteiger partial charge in [0.15, 0.2) is 11.5 Å². The van der Waals surface area contributed by atoms with Crippen LogP contribution in [0.1, 0.15) is 35.7 Å². The van der Waals surface area contributed by atoms with Gasteiger partial charge in [0, 0.05) is 5.56 Å². The van der Waals surface area contributed by atoms with Gasteiger partial charge in [-0.15, -0.1) is 0 Å². The van der Waals surface area contributed by atoms with Crippen LogP contribution in [0.5, 0.6) is 17.2 Å². The van der Waals surface area contributed by atoms with Gasteiger partial charge >= 0.3 is 5.97 Å². The Morgan fingerprint density at radius 1 is 1.32 bits per heavy atom.